The van der Waals surface area contributed by atoms with Crippen molar-refractivity contribution in [2.75, 3.05) is 11.5 Å². The zero-order valence-electron chi connectivity index (χ0n) is 14.4. The molecule has 28 heavy (non-hydrogen) atoms. The van der Waals surface area contributed by atoms with E-state index in [1.165, 1.54) is 24.3 Å². The first-order valence-electron chi connectivity index (χ1n) is 8.21. The Hall–Kier alpha value is -3.65. The Morgan fingerprint density at radius 2 is 1.29 bits per heavy atom. The Morgan fingerprint density at radius 1 is 0.750 bits per heavy atom. The number of fused-ring (bicyclic) bond motifs is 2. The predicted octanol–water partition coefficient (Wildman–Crippen LogP) is 2.39. The second kappa shape index (κ2) is 6.21. The summed E-state index contributed by atoms with van der Waals surface area (Å²) < 4.78 is 30.6. The fourth-order valence-corrected chi connectivity index (χ4v) is 4.27. The maximum absolute atomic E-state index is 12.9. The van der Waals surface area contributed by atoms with E-state index in [1.54, 1.807) is 30.3 Å². The topological polar surface area (TPSA) is 130 Å². The summed E-state index contributed by atoms with van der Waals surface area (Å²) in [6, 6.07) is 15.1. The number of ketones is 2. The van der Waals surface area contributed by atoms with Crippen LogP contribution in [0.4, 0.5) is 11.4 Å². The monoisotopic (exact) mass is 394 g/mol. The molecule has 1 aliphatic carbocycles. The van der Waals surface area contributed by atoms with Crippen LogP contribution in [0.1, 0.15) is 31.8 Å². The summed E-state index contributed by atoms with van der Waals surface area (Å²) in [5, 5.41) is 0. The molecule has 0 amide bonds. The number of anilines is 2. The molecule has 4 N–H and O–H groups in total. The highest BCUT2D eigenvalue weighted by Gasteiger charge is 2.36. The highest BCUT2D eigenvalue weighted by molar-refractivity contribution is 7.87. The van der Waals surface area contributed by atoms with Crippen LogP contribution in [-0.4, -0.2) is 20.0 Å². The van der Waals surface area contributed by atoms with Crippen LogP contribution in [0.3, 0.4) is 0 Å². The van der Waals surface area contributed by atoms with Crippen molar-refractivity contribution in [3.8, 4) is 5.75 Å². The lowest BCUT2D eigenvalue weighted by molar-refractivity contribution is 0.0980. The number of nitrogens with two attached hydrogens (primary N) is 2. The molecule has 0 saturated heterocycles. The molecule has 7 nitrogen and oxygen atoms in total. The van der Waals surface area contributed by atoms with Crippen LogP contribution in [0.25, 0.3) is 0 Å². The highest BCUT2D eigenvalue weighted by atomic mass is 32.2. The van der Waals surface area contributed by atoms with E-state index in [0.717, 1.165) is 6.07 Å². The minimum absolute atomic E-state index is 0.0749. The summed E-state index contributed by atoms with van der Waals surface area (Å²) in [4.78, 5) is 25.3. The third kappa shape index (κ3) is 2.62. The molecule has 0 saturated carbocycles. The van der Waals surface area contributed by atoms with Gasteiger partial charge in [-0.1, -0.05) is 42.5 Å². The summed E-state index contributed by atoms with van der Waals surface area (Å²) in [5.41, 5.74) is 11.5. The van der Waals surface area contributed by atoms with Crippen LogP contribution in [0.2, 0.25) is 0 Å². The largest absolute Gasteiger partial charge is 0.398 e. The van der Waals surface area contributed by atoms with Gasteiger partial charge in [0.2, 0.25) is 0 Å². The molecule has 0 aliphatic heterocycles. The van der Waals surface area contributed by atoms with Crippen molar-refractivity contribution in [2.24, 2.45) is 0 Å². The maximum Gasteiger partial charge on any atom is 0.341 e. The number of para-hydroxylation sites is 1. The smallest absolute Gasteiger partial charge is 0.341 e. The normalized spacial score (nSPS) is 13.0. The zero-order chi connectivity index (χ0) is 20.1. The van der Waals surface area contributed by atoms with Crippen molar-refractivity contribution in [3.05, 3.63) is 82.9 Å². The summed E-state index contributed by atoms with van der Waals surface area (Å²) >= 11 is 0. The van der Waals surface area contributed by atoms with Crippen LogP contribution in [0.15, 0.2) is 65.6 Å². The minimum Gasteiger partial charge on any atom is -0.398 e. The third-order valence-electron chi connectivity index (χ3n) is 4.45. The van der Waals surface area contributed by atoms with Gasteiger partial charge in [-0.2, -0.15) is 8.42 Å². The average molecular weight is 394 g/mol. The molecule has 0 atom stereocenters. The Morgan fingerprint density at radius 3 is 1.89 bits per heavy atom. The van der Waals surface area contributed by atoms with E-state index in [9.17, 15) is 18.0 Å². The lowest BCUT2D eigenvalue weighted by Crippen LogP contribution is -2.25. The highest BCUT2D eigenvalue weighted by Crippen LogP contribution is 2.38. The molecule has 0 aromatic heterocycles. The fourth-order valence-electron chi connectivity index (χ4n) is 3.18. The number of hydrogen-bond donors (Lipinski definition) is 2. The first-order chi connectivity index (χ1) is 13.3. The van der Waals surface area contributed by atoms with Gasteiger partial charge in [0.05, 0.1) is 16.8 Å². The van der Waals surface area contributed by atoms with Crippen molar-refractivity contribution in [1.29, 1.82) is 0 Å². The Labute approximate surface area is 160 Å². The summed E-state index contributed by atoms with van der Waals surface area (Å²) in [6.45, 7) is 0. The van der Waals surface area contributed by atoms with Crippen molar-refractivity contribution in [1.82, 2.24) is 0 Å². The van der Waals surface area contributed by atoms with Crippen LogP contribution in [-0.2, 0) is 10.1 Å². The van der Waals surface area contributed by atoms with E-state index in [1.807, 2.05) is 0 Å². The van der Waals surface area contributed by atoms with E-state index < -0.39 is 26.6 Å². The number of nitrogen functional groups attached to an aromatic ring is 2. The van der Waals surface area contributed by atoms with Crippen LogP contribution < -0.4 is 15.7 Å². The van der Waals surface area contributed by atoms with Crippen molar-refractivity contribution >= 4 is 33.1 Å². The number of carbonyl (C=O) groups excluding carboxylic acids is 2. The van der Waals surface area contributed by atoms with Crippen LogP contribution in [0, 0.1) is 0 Å². The van der Waals surface area contributed by atoms with Crippen LogP contribution >= 0.6 is 0 Å². The van der Waals surface area contributed by atoms with Crippen LogP contribution in [0.5, 0.6) is 5.75 Å². The van der Waals surface area contributed by atoms with Gasteiger partial charge in [-0.3, -0.25) is 9.59 Å². The number of carbonyl (C=O) groups is 2. The fraction of sp³-hybridized carbons (Fsp3) is 0. The molecule has 8 heteroatoms. The zero-order valence-corrected chi connectivity index (χ0v) is 15.2. The number of hydrogen-bond acceptors (Lipinski definition) is 7. The number of rotatable bonds is 3. The lowest BCUT2D eigenvalue weighted by Gasteiger charge is -2.22. The van der Waals surface area contributed by atoms with Gasteiger partial charge in [-0.05, 0) is 18.2 Å². The molecule has 0 spiro atoms. The lowest BCUT2D eigenvalue weighted by atomic mass is 9.82. The molecule has 0 fully saturated rings. The molecule has 3 aromatic carbocycles. The van der Waals surface area contributed by atoms with Gasteiger partial charge in [0.1, 0.15) is 10.6 Å². The summed E-state index contributed by atoms with van der Waals surface area (Å²) in [7, 11) is -4.39. The number of benzene rings is 3. The van der Waals surface area contributed by atoms with E-state index in [-0.39, 0.29) is 39.4 Å². The molecule has 0 bridgehead atoms. The standard InChI is InChI=1S/C20H14N2O5S/c21-14-10-15(28(25,26)27-11-6-2-1-3-7-11)18(22)17-16(14)19(23)12-8-4-5-9-13(12)20(17)24/h1-10H,21-22H2. The van der Waals surface area contributed by atoms with Gasteiger partial charge in [-0.15, -0.1) is 0 Å². The van der Waals surface area contributed by atoms with E-state index in [2.05, 4.69) is 0 Å². The molecule has 0 unspecified atom stereocenters. The predicted molar refractivity (Wildman–Crippen MR) is 103 cm³/mol. The van der Waals surface area contributed by atoms with E-state index >= 15 is 0 Å². The molecule has 4 rings (SSSR count). The quantitative estimate of drug-likeness (QED) is 0.403. The minimum atomic E-state index is -4.39. The molecular weight excluding hydrogens is 380 g/mol. The van der Waals surface area contributed by atoms with E-state index in [4.69, 9.17) is 15.7 Å². The van der Waals surface area contributed by atoms with Gasteiger partial charge in [0, 0.05) is 16.8 Å². The van der Waals surface area contributed by atoms with Gasteiger partial charge < -0.3 is 15.7 Å². The summed E-state index contributed by atoms with van der Waals surface area (Å²) in [5.74, 6) is -0.973. The Balaban J connectivity index is 1.91. The van der Waals surface area contributed by atoms with Gasteiger partial charge in [0.15, 0.2) is 11.6 Å². The second-order valence-corrected chi connectivity index (χ2v) is 7.70. The third-order valence-corrected chi connectivity index (χ3v) is 5.74. The van der Waals surface area contributed by atoms with Crippen molar-refractivity contribution in [2.45, 2.75) is 4.90 Å². The molecular formula is C20H14N2O5S. The molecule has 0 heterocycles. The Bertz CT molecular complexity index is 1250. The van der Waals surface area contributed by atoms with Gasteiger partial charge >= 0.3 is 10.1 Å². The van der Waals surface area contributed by atoms with Crippen molar-refractivity contribution in [3.63, 3.8) is 0 Å². The molecule has 1 aliphatic rings. The SMILES string of the molecule is Nc1cc(S(=O)(=O)Oc2ccccc2)c(N)c2c1C(=O)c1ccccc1C2=O. The molecule has 140 valence electrons. The summed E-state index contributed by atoms with van der Waals surface area (Å²) in [6.07, 6.45) is 0. The average Bonchev–Trinajstić information content (AvgIpc) is 2.68. The van der Waals surface area contributed by atoms with E-state index in [0.29, 0.717) is 0 Å². The van der Waals surface area contributed by atoms with Crippen molar-refractivity contribution < 1.29 is 22.2 Å². The first-order valence-corrected chi connectivity index (χ1v) is 9.62. The molecule has 0 radical (unpaired) electrons. The second-order valence-electron chi connectivity index (χ2n) is 6.18. The van der Waals surface area contributed by atoms with Gasteiger partial charge in [0.25, 0.3) is 0 Å². The van der Waals surface area contributed by atoms with Gasteiger partial charge in [-0.25, -0.2) is 0 Å². The first kappa shape index (κ1) is 17.7. The maximum atomic E-state index is 12.9. The Kier molecular flexibility index (Phi) is 3.93. The molecule has 3 aromatic rings.